The van der Waals surface area contributed by atoms with Gasteiger partial charge in [0.2, 0.25) is 0 Å². The van der Waals surface area contributed by atoms with E-state index in [0.717, 1.165) is 24.0 Å². The number of rotatable bonds is 4. The van der Waals surface area contributed by atoms with Gasteiger partial charge >= 0.3 is 0 Å². The van der Waals surface area contributed by atoms with E-state index in [4.69, 9.17) is 5.73 Å². The molecule has 0 amide bonds. The van der Waals surface area contributed by atoms with Gasteiger partial charge in [-0.1, -0.05) is 13.8 Å². The number of aliphatic hydroxyl groups is 1. The Bertz CT molecular complexity index is 323. The molecule has 0 saturated heterocycles. The van der Waals surface area contributed by atoms with Crippen LogP contribution in [0.1, 0.15) is 43.9 Å². The highest BCUT2D eigenvalue weighted by atomic mass is 16.3. The standard InChI is InChI=1S/C12H20N2O/c1-8(2)4-5-11(15)10-6-9(3)7-14-12(10)13/h6-8,11,15H,4-5H2,1-3H3,(H2,13,14). The van der Waals surface area contributed by atoms with E-state index in [9.17, 15) is 5.11 Å². The summed E-state index contributed by atoms with van der Waals surface area (Å²) in [6.07, 6.45) is 2.97. The predicted molar refractivity (Wildman–Crippen MR) is 62.4 cm³/mol. The maximum Gasteiger partial charge on any atom is 0.129 e. The third-order valence-electron chi connectivity index (χ3n) is 2.46. The molecule has 84 valence electrons. The molecule has 1 unspecified atom stereocenters. The summed E-state index contributed by atoms with van der Waals surface area (Å²) in [6.45, 7) is 6.24. The first kappa shape index (κ1) is 12.0. The third kappa shape index (κ3) is 3.51. The molecule has 0 aliphatic rings. The molecule has 3 heteroatoms. The number of anilines is 1. The van der Waals surface area contributed by atoms with E-state index in [1.807, 2.05) is 13.0 Å². The monoisotopic (exact) mass is 208 g/mol. The van der Waals surface area contributed by atoms with Crippen LogP contribution in [0.15, 0.2) is 12.3 Å². The van der Waals surface area contributed by atoms with Gasteiger partial charge < -0.3 is 10.8 Å². The van der Waals surface area contributed by atoms with Crippen LogP contribution in [0.25, 0.3) is 0 Å². The van der Waals surface area contributed by atoms with Crippen LogP contribution in [0.2, 0.25) is 0 Å². The van der Waals surface area contributed by atoms with E-state index in [-0.39, 0.29) is 0 Å². The number of aliphatic hydroxyl groups excluding tert-OH is 1. The number of nitrogens with two attached hydrogens (primary N) is 1. The summed E-state index contributed by atoms with van der Waals surface area (Å²) in [6, 6.07) is 1.91. The van der Waals surface area contributed by atoms with Crippen molar-refractivity contribution in [3.8, 4) is 0 Å². The molecular formula is C12H20N2O. The van der Waals surface area contributed by atoms with Gasteiger partial charge in [0.25, 0.3) is 0 Å². The van der Waals surface area contributed by atoms with Crippen molar-refractivity contribution >= 4 is 5.82 Å². The highest BCUT2D eigenvalue weighted by Crippen LogP contribution is 2.24. The second-order valence-corrected chi connectivity index (χ2v) is 4.47. The minimum atomic E-state index is -0.486. The van der Waals surface area contributed by atoms with E-state index in [2.05, 4.69) is 18.8 Å². The van der Waals surface area contributed by atoms with Crippen molar-refractivity contribution in [3.63, 3.8) is 0 Å². The molecule has 1 aromatic heterocycles. The lowest BCUT2D eigenvalue weighted by molar-refractivity contribution is 0.159. The van der Waals surface area contributed by atoms with E-state index in [1.165, 1.54) is 0 Å². The summed E-state index contributed by atoms with van der Waals surface area (Å²) in [5.41, 5.74) is 7.52. The minimum absolute atomic E-state index is 0.442. The fourth-order valence-electron chi connectivity index (χ4n) is 1.52. The number of hydrogen-bond donors (Lipinski definition) is 2. The summed E-state index contributed by atoms with van der Waals surface area (Å²) in [5, 5.41) is 9.95. The summed E-state index contributed by atoms with van der Waals surface area (Å²) in [7, 11) is 0. The van der Waals surface area contributed by atoms with Gasteiger partial charge in [-0.2, -0.15) is 0 Å². The van der Waals surface area contributed by atoms with E-state index in [0.29, 0.717) is 11.7 Å². The van der Waals surface area contributed by atoms with E-state index >= 15 is 0 Å². The number of nitrogens with zero attached hydrogens (tertiary/aromatic N) is 1. The van der Waals surface area contributed by atoms with Crippen LogP contribution in [0, 0.1) is 12.8 Å². The molecule has 0 aromatic carbocycles. The van der Waals surface area contributed by atoms with E-state index in [1.54, 1.807) is 6.20 Å². The average Bonchev–Trinajstić information content (AvgIpc) is 2.18. The third-order valence-corrected chi connectivity index (χ3v) is 2.46. The molecule has 0 saturated carbocycles. The van der Waals surface area contributed by atoms with Crippen LogP contribution in [0.5, 0.6) is 0 Å². The Morgan fingerprint density at radius 2 is 2.07 bits per heavy atom. The molecule has 1 aromatic rings. The average molecular weight is 208 g/mol. The Balaban J connectivity index is 2.72. The molecule has 0 fully saturated rings. The van der Waals surface area contributed by atoms with Gasteiger partial charge in [-0.15, -0.1) is 0 Å². The Morgan fingerprint density at radius 1 is 1.40 bits per heavy atom. The van der Waals surface area contributed by atoms with Crippen molar-refractivity contribution < 1.29 is 5.11 Å². The molecule has 0 radical (unpaired) electrons. The molecule has 3 N–H and O–H groups in total. The van der Waals surface area contributed by atoms with Gasteiger partial charge in [0, 0.05) is 11.8 Å². The van der Waals surface area contributed by atoms with E-state index < -0.39 is 6.10 Å². The molecule has 0 spiro atoms. The maximum absolute atomic E-state index is 9.95. The lowest BCUT2D eigenvalue weighted by Crippen LogP contribution is -2.05. The summed E-state index contributed by atoms with van der Waals surface area (Å²) >= 11 is 0. The van der Waals surface area contributed by atoms with Crippen LogP contribution in [-0.4, -0.2) is 10.1 Å². The van der Waals surface area contributed by atoms with Crippen LogP contribution >= 0.6 is 0 Å². The first-order valence-electron chi connectivity index (χ1n) is 5.40. The lowest BCUT2D eigenvalue weighted by Gasteiger charge is -2.14. The van der Waals surface area contributed by atoms with Crippen LogP contribution in [0.3, 0.4) is 0 Å². The van der Waals surface area contributed by atoms with Crippen molar-refractivity contribution in [2.45, 2.75) is 39.7 Å². The molecule has 3 nitrogen and oxygen atoms in total. The fourth-order valence-corrected chi connectivity index (χ4v) is 1.52. The van der Waals surface area contributed by atoms with Crippen molar-refractivity contribution in [3.05, 3.63) is 23.4 Å². The van der Waals surface area contributed by atoms with Gasteiger partial charge in [-0.3, -0.25) is 0 Å². The largest absolute Gasteiger partial charge is 0.388 e. The lowest BCUT2D eigenvalue weighted by atomic mass is 9.99. The zero-order valence-corrected chi connectivity index (χ0v) is 9.70. The SMILES string of the molecule is Cc1cnc(N)c(C(O)CCC(C)C)c1. The zero-order valence-electron chi connectivity index (χ0n) is 9.70. The molecule has 15 heavy (non-hydrogen) atoms. The van der Waals surface area contributed by atoms with Crippen LogP contribution in [0.4, 0.5) is 5.82 Å². The number of hydrogen-bond acceptors (Lipinski definition) is 3. The number of aromatic nitrogens is 1. The normalized spacial score (nSPS) is 13.1. The summed E-state index contributed by atoms with van der Waals surface area (Å²) in [4.78, 5) is 4.04. The van der Waals surface area contributed by atoms with Gasteiger partial charge in [0.05, 0.1) is 6.10 Å². The molecular weight excluding hydrogens is 188 g/mol. The van der Waals surface area contributed by atoms with Crippen molar-refractivity contribution in [2.75, 3.05) is 5.73 Å². The maximum atomic E-state index is 9.95. The Hall–Kier alpha value is -1.09. The molecule has 1 heterocycles. The summed E-state index contributed by atoms with van der Waals surface area (Å²) in [5.74, 6) is 1.04. The number of nitrogen functional groups attached to an aromatic ring is 1. The van der Waals surface area contributed by atoms with Crippen molar-refractivity contribution in [1.29, 1.82) is 0 Å². The van der Waals surface area contributed by atoms with Gasteiger partial charge in [-0.05, 0) is 37.3 Å². The summed E-state index contributed by atoms with van der Waals surface area (Å²) < 4.78 is 0. The first-order chi connectivity index (χ1) is 7.00. The Labute approximate surface area is 91.3 Å². The minimum Gasteiger partial charge on any atom is -0.388 e. The van der Waals surface area contributed by atoms with Crippen LogP contribution in [-0.2, 0) is 0 Å². The smallest absolute Gasteiger partial charge is 0.129 e. The quantitative estimate of drug-likeness (QED) is 0.799. The van der Waals surface area contributed by atoms with Crippen LogP contribution < -0.4 is 5.73 Å². The topological polar surface area (TPSA) is 59.1 Å². The predicted octanol–water partition coefficient (Wildman–Crippen LogP) is 2.44. The fraction of sp³-hybridized carbons (Fsp3) is 0.583. The molecule has 1 rings (SSSR count). The second kappa shape index (κ2) is 5.12. The highest BCUT2D eigenvalue weighted by Gasteiger charge is 2.12. The second-order valence-electron chi connectivity index (χ2n) is 4.47. The van der Waals surface area contributed by atoms with Gasteiger partial charge in [0.15, 0.2) is 0 Å². The molecule has 0 bridgehead atoms. The molecule has 0 aliphatic carbocycles. The number of aryl methyl sites for hydroxylation is 1. The molecule has 1 atom stereocenters. The Morgan fingerprint density at radius 3 is 2.67 bits per heavy atom. The molecule has 0 aliphatic heterocycles. The van der Waals surface area contributed by atoms with Gasteiger partial charge in [-0.25, -0.2) is 4.98 Å². The zero-order chi connectivity index (χ0) is 11.4. The van der Waals surface area contributed by atoms with Crippen molar-refractivity contribution in [2.24, 2.45) is 5.92 Å². The van der Waals surface area contributed by atoms with Crippen molar-refractivity contribution in [1.82, 2.24) is 4.98 Å². The first-order valence-corrected chi connectivity index (χ1v) is 5.40. The Kier molecular flexibility index (Phi) is 4.09. The highest BCUT2D eigenvalue weighted by molar-refractivity contribution is 5.42. The number of pyridine rings is 1. The van der Waals surface area contributed by atoms with Gasteiger partial charge in [0.1, 0.15) is 5.82 Å².